The summed E-state index contributed by atoms with van der Waals surface area (Å²) in [4.78, 5) is 33.5. The fourth-order valence-corrected chi connectivity index (χ4v) is 3.31. The van der Waals surface area contributed by atoms with Crippen LogP contribution in [0.25, 0.3) is 5.69 Å². The monoisotopic (exact) mass is 365 g/mol. The number of aromatic nitrogens is 4. The van der Waals surface area contributed by atoms with Gasteiger partial charge in [-0.05, 0) is 51.0 Å². The quantitative estimate of drug-likeness (QED) is 0.704. The van der Waals surface area contributed by atoms with Crippen molar-refractivity contribution in [3.05, 3.63) is 65.0 Å². The maximum Gasteiger partial charge on any atom is 0.270 e. The van der Waals surface area contributed by atoms with Gasteiger partial charge in [0.25, 0.3) is 5.91 Å². The number of H-pyrrole nitrogens is 1. The minimum absolute atomic E-state index is 0.0419. The van der Waals surface area contributed by atoms with E-state index in [1.54, 1.807) is 29.9 Å². The minimum atomic E-state index is -0.143. The Morgan fingerprint density at radius 2 is 1.85 bits per heavy atom. The van der Waals surface area contributed by atoms with Crippen LogP contribution in [0.3, 0.4) is 0 Å². The Kier molecular flexibility index (Phi) is 4.94. The van der Waals surface area contributed by atoms with Gasteiger partial charge in [0.1, 0.15) is 18.3 Å². The normalized spacial score (nSPS) is 12.0. The molecule has 0 unspecified atom stereocenters. The van der Waals surface area contributed by atoms with Crippen molar-refractivity contribution in [1.82, 2.24) is 24.6 Å². The van der Waals surface area contributed by atoms with Crippen LogP contribution in [0.1, 0.15) is 57.6 Å². The molecule has 0 saturated carbocycles. The van der Waals surface area contributed by atoms with Gasteiger partial charge in [-0.1, -0.05) is 12.1 Å². The highest BCUT2D eigenvalue weighted by molar-refractivity contribution is 6.02. The van der Waals surface area contributed by atoms with Crippen molar-refractivity contribution in [3.63, 3.8) is 0 Å². The first kappa shape index (κ1) is 18.6. The molecule has 140 valence electrons. The van der Waals surface area contributed by atoms with Crippen molar-refractivity contribution in [1.29, 1.82) is 0 Å². The van der Waals surface area contributed by atoms with E-state index >= 15 is 0 Å². The summed E-state index contributed by atoms with van der Waals surface area (Å²) in [6.45, 7) is 7.10. The average molecular weight is 365 g/mol. The lowest BCUT2D eigenvalue weighted by Crippen LogP contribution is -2.30. The van der Waals surface area contributed by atoms with Crippen molar-refractivity contribution in [2.75, 3.05) is 7.05 Å². The van der Waals surface area contributed by atoms with Gasteiger partial charge in [0.2, 0.25) is 0 Å². The molecule has 0 aliphatic carbocycles. The summed E-state index contributed by atoms with van der Waals surface area (Å²) >= 11 is 0. The number of carbonyl (C=O) groups excluding carboxylic acids is 2. The fourth-order valence-electron chi connectivity index (χ4n) is 3.31. The number of ketones is 1. The largest absolute Gasteiger partial charge is 0.354 e. The maximum absolute atomic E-state index is 13.0. The van der Waals surface area contributed by atoms with E-state index in [0.29, 0.717) is 16.8 Å². The highest BCUT2D eigenvalue weighted by Crippen LogP contribution is 2.25. The van der Waals surface area contributed by atoms with Crippen molar-refractivity contribution < 1.29 is 9.59 Å². The van der Waals surface area contributed by atoms with Crippen LogP contribution in [-0.2, 0) is 0 Å². The first-order valence-corrected chi connectivity index (χ1v) is 8.73. The summed E-state index contributed by atoms with van der Waals surface area (Å²) in [5.74, 6) is -0.185. The third-order valence-corrected chi connectivity index (χ3v) is 4.96. The molecular weight excluding hydrogens is 342 g/mol. The van der Waals surface area contributed by atoms with E-state index in [1.807, 2.05) is 38.1 Å². The molecule has 0 aliphatic heterocycles. The Morgan fingerprint density at radius 1 is 1.19 bits per heavy atom. The van der Waals surface area contributed by atoms with E-state index in [9.17, 15) is 9.59 Å². The second kappa shape index (κ2) is 7.19. The summed E-state index contributed by atoms with van der Waals surface area (Å²) < 4.78 is 1.68. The van der Waals surface area contributed by atoms with E-state index in [0.717, 1.165) is 16.9 Å². The lowest BCUT2D eigenvalue weighted by molar-refractivity contribution is 0.0736. The van der Waals surface area contributed by atoms with Crippen molar-refractivity contribution in [3.8, 4) is 5.69 Å². The van der Waals surface area contributed by atoms with Gasteiger partial charge in [-0.15, -0.1) is 0 Å². The highest BCUT2D eigenvalue weighted by atomic mass is 16.2. The predicted octanol–water partition coefficient (Wildman–Crippen LogP) is 3.25. The van der Waals surface area contributed by atoms with Crippen LogP contribution in [-0.4, -0.2) is 43.4 Å². The second-order valence-corrected chi connectivity index (χ2v) is 6.70. The zero-order valence-electron chi connectivity index (χ0n) is 16.1. The Labute approximate surface area is 158 Å². The maximum atomic E-state index is 13.0. The Morgan fingerprint density at radius 3 is 2.37 bits per heavy atom. The van der Waals surface area contributed by atoms with Crippen molar-refractivity contribution in [2.45, 2.75) is 33.7 Å². The number of rotatable bonds is 5. The molecule has 3 aromatic rings. The zero-order valence-corrected chi connectivity index (χ0v) is 16.1. The summed E-state index contributed by atoms with van der Waals surface area (Å²) in [5, 5.41) is 4.11. The molecule has 0 bridgehead atoms. The van der Waals surface area contributed by atoms with E-state index in [2.05, 4.69) is 15.1 Å². The average Bonchev–Trinajstić information content (AvgIpc) is 3.28. The van der Waals surface area contributed by atoms with Gasteiger partial charge in [0.05, 0.1) is 11.7 Å². The van der Waals surface area contributed by atoms with Crippen molar-refractivity contribution >= 4 is 11.7 Å². The topological polar surface area (TPSA) is 83.9 Å². The zero-order chi connectivity index (χ0) is 19.7. The molecule has 3 rings (SSSR count). The smallest absolute Gasteiger partial charge is 0.270 e. The standard InChI is InChI=1S/C20H23N5O2/c1-12-18(15(4)26)13(2)23-19(12)20(27)24(5)14(3)16-6-8-17(9-7-16)25-11-21-10-22-25/h6-11,14,23H,1-5H3/t14-/m1/s1. The fraction of sp³-hybridized carbons (Fsp3) is 0.300. The number of aromatic amines is 1. The second-order valence-electron chi connectivity index (χ2n) is 6.70. The number of Topliss-reactive ketones (excluding diaryl/α,β-unsaturated/α-hetero) is 1. The van der Waals surface area contributed by atoms with Gasteiger partial charge in [-0.2, -0.15) is 5.10 Å². The number of hydrogen-bond donors (Lipinski definition) is 1. The Hall–Kier alpha value is -3.22. The molecule has 0 aliphatic rings. The highest BCUT2D eigenvalue weighted by Gasteiger charge is 2.25. The molecule has 1 N–H and O–H groups in total. The first-order chi connectivity index (χ1) is 12.8. The molecule has 27 heavy (non-hydrogen) atoms. The van der Waals surface area contributed by atoms with E-state index < -0.39 is 0 Å². The van der Waals surface area contributed by atoms with E-state index in [4.69, 9.17) is 0 Å². The lowest BCUT2D eigenvalue weighted by Gasteiger charge is -2.25. The summed E-state index contributed by atoms with van der Waals surface area (Å²) in [7, 11) is 1.77. The van der Waals surface area contributed by atoms with Gasteiger partial charge in [-0.25, -0.2) is 9.67 Å². The summed E-state index contributed by atoms with van der Waals surface area (Å²) in [6, 6.07) is 7.69. The van der Waals surface area contributed by atoms with Gasteiger partial charge >= 0.3 is 0 Å². The SMILES string of the molecule is CC(=O)c1c(C)[nH]c(C(=O)N(C)[C@H](C)c2ccc(-n3cncn3)cc2)c1C. The minimum Gasteiger partial charge on any atom is -0.354 e. The molecule has 2 heterocycles. The summed E-state index contributed by atoms with van der Waals surface area (Å²) in [5.41, 5.74) is 4.39. The van der Waals surface area contributed by atoms with Crippen LogP contribution >= 0.6 is 0 Å². The number of nitrogens with one attached hydrogen (secondary N) is 1. The molecule has 1 aromatic carbocycles. The molecule has 0 spiro atoms. The van der Waals surface area contributed by atoms with Gasteiger partial charge < -0.3 is 9.88 Å². The van der Waals surface area contributed by atoms with E-state index in [1.165, 1.54) is 13.3 Å². The van der Waals surface area contributed by atoms with Crippen LogP contribution < -0.4 is 0 Å². The summed E-state index contributed by atoms with van der Waals surface area (Å²) in [6.07, 6.45) is 3.12. The van der Waals surface area contributed by atoms with Gasteiger partial charge in [0, 0.05) is 18.3 Å². The Bertz CT molecular complexity index is 971. The number of aryl methyl sites for hydroxylation is 1. The van der Waals surface area contributed by atoms with Crippen LogP contribution in [0.15, 0.2) is 36.9 Å². The Balaban J connectivity index is 1.83. The lowest BCUT2D eigenvalue weighted by atomic mass is 10.0. The molecule has 1 atom stereocenters. The number of hydrogen-bond acceptors (Lipinski definition) is 4. The molecular formula is C20H23N5O2. The first-order valence-electron chi connectivity index (χ1n) is 8.73. The van der Waals surface area contributed by atoms with Crippen LogP contribution in [0.2, 0.25) is 0 Å². The van der Waals surface area contributed by atoms with Gasteiger partial charge in [0.15, 0.2) is 5.78 Å². The third kappa shape index (κ3) is 3.40. The van der Waals surface area contributed by atoms with Crippen LogP contribution in [0.4, 0.5) is 0 Å². The van der Waals surface area contributed by atoms with Gasteiger partial charge in [-0.3, -0.25) is 9.59 Å². The molecule has 7 heteroatoms. The number of carbonyl (C=O) groups is 2. The molecule has 1 amide bonds. The predicted molar refractivity (Wildman–Crippen MR) is 102 cm³/mol. The van der Waals surface area contributed by atoms with Crippen molar-refractivity contribution in [2.24, 2.45) is 0 Å². The van der Waals surface area contributed by atoms with Crippen LogP contribution in [0, 0.1) is 13.8 Å². The number of benzene rings is 1. The number of nitrogens with zero attached hydrogens (tertiary/aromatic N) is 4. The van der Waals surface area contributed by atoms with E-state index in [-0.39, 0.29) is 17.7 Å². The number of amides is 1. The third-order valence-electron chi connectivity index (χ3n) is 4.96. The van der Waals surface area contributed by atoms with Crippen LogP contribution in [0.5, 0.6) is 0 Å². The molecule has 7 nitrogen and oxygen atoms in total. The molecule has 0 radical (unpaired) electrons. The molecule has 0 saturated heterocycles. The molecule has 0 fully saturated rings. The molecule has 2 aromatic heterocycles.